The number of tetrazole rings is 1. The molecule has 6 nitrogen and oxygen atoms in total. The normalized spacial score (nSPS) is 10.9. The third kappa shape index (κ3) is 4.67. The molecule has 0 aliphatic rings. The maximum atomic E-state index is 5.40. The Morgan fingerprint density at radius 1 is 1.31 bits per heavy atom. The fraction of sp³-hybridized carbons (Fsp3) is 0.900. The van der Waals surface area contributed by atoms with Gasteiger partial charge in [-0.05, 0) is 29.8 Å². The quantitative estimate of drug-likeness (QED) is 0.626. The Bertz CT molecular complexity index is 276. The van der Waals surface area contributed by atoms with Gasteiger partial charge >= 0.3 is 0 Å². The third-order valence-corrected chi connectivity index (χ3v) is 2.15. The highest BCUT2D eigenvalue weighted by Crippen LogP contribution is 1.95. The van der Waals surface area contributed by atoms with Gasteiger partial charge in [0.05, 0.1) is 6.54 Å². The van der Waals surface area contributed by atoms with Crippen LogP contribution in [-0.4, -0.2) is 40.0 Å². The molecule has 0 amide bonds. The summed E-state index contributed by atoms with van der Waals surface area (Å²) >= 11 is 0. The number of aryl methyl sites for hydroxylation is 1. The van der Waals surface area contributed by atoms with Crippen molar-refractivity contribution in [3.8, 4) is 0 Å². The predicted octanol–water partition coefficient (Wildman–Crippen LogP) is 0.599. The van der Waals surface area contributed by atoms with E-state index in [1.807, 2.05) is 4.68 Å². The minimum absolute atomic E-state index is 0.722. The van der Waals surface area contributed by atoms with Gasteiger partial charge in [0, 0.05) is 19.8 Å². The van der Waals surface area contributed by atoms with Gasteiger partial charge in [-0.2, -0.15) is 0 Å². The molecule has 16 heavy (non-hydrogen) atoms. The van der Waals surface area contributed by atoms with Crippen LogP contribution in [0.3, 0.4) is 0 Å². The van der Waals surface area contributed by atoms with Crippen molar-refractivity contribution in [1.29, 1.82) is 0 Å². The standard InChI is InChI=1S/C10H21N5O/c1-3-7-16-8-5-6-15-10(9-11-4-2)12-13-14-15/h11H,3-9H2,1-2H3. The highest BCUT2D eigenvalue weighted by molar-refractivity contribution is 4.79. The van der Waals surface area contributed by atoms with Crippen LogP contribution in [0.15, 0.2) is 0 Å². The molecule has 1 heterocycles. The Kier molecular flexibility index (Phi) is 6.67. The van der Waals surface area contributed by atoms with E-state index in [4.69, 9.17) is 4.74 Å². The summed E-state index contributed by atoms with van der Waals surface area (Å²) < 4.78 is 7.24. The molecule has 0 spiro atoms. The first-order valence-corrected chi connectivity index (χ1v) is 5.92. The first kappa shape index (κ1) is 13.1. The molecule has 1 rings (SSSR count). The average molecular weight is 227 g/mol. The van der Waals surface area contributed by atoms with E-state index in [0.29, 0.717) is 0 Å². The molecule has 0 aliphatic carbocycles. The number of aromatic nitrogens is 4. The van der Waals surface area contributed by atoms with Crippen molar-refractivity contribution in [1.82, 2.24) is 25.5 Å². The van der Waals surface area contributed by atoms with E-state index in [2.05, 4.69) is 34.7 Å². The van der Waals surface area contributed by atoms with E-state index in [-0.39, 0.29) is 0 Å². The topological polar surface area (TPSA) is 64.9 Å². The highest BCUT2D eigenvalue weighted by atomic mass is 16.5. The second kappa shape index (κ2) is 8.18. The molecule has 0 aliphatic heterocycles. The molecule has 0 saturated carbocycles. The molecule has 0 saturated heterocycles. The first-order valence-electron chi connectivity index (χ1n) is 5.92. The third-order valence-electron chi connectivity index (χ3n) is 2.15. The molecule has 0 aromatic carbocycles. The highest BCUT2D eigenvalue weighted by Gasteiger charge is 2.04. The van der Waals surface area contributed by atoms with Crippen LogP contribution in [0.5, 0.6) is 0 Å². The van der Waals surface area contributed by atoms with Crippen LogP contribution in [0.25, 0.3) is 0 Å². The van der Waals surface area contributed by atoms with E-state index in [9.17, 15) is 0 Å². The lowest BCUT2D eigenvalue weighted by Crippen LogP contribution is -2.17. The predicted molar refractivity (Wildman–Crippen MR) is 60.9 cm³/mol. The van der Waals surface area contributed by atoms with E-state index < -0.39 is 0 Å². The molecule has 1 aromatic rings. The van der Waals surface area contributed by atoms with Crippen molar-refractivity contribution in [2.75, 3.05) is 19.8 Å². The SMILES string of the molecule is CCCOCCCn1nnnc1CNCC. The number of ether oxygens (including phenoxy) is 1. The van der Waals surface area contributed by atoms with Crippen LogP contribution in [0.1, 0.15) is 32.5 Å². The zero-order chi connectivity index (χ0) is 11.6. The molecule has 0 unspecified atom stereocenters. The Labute approximate surface area is 96.4 Å². The summed E-state index contributed by atoms with van der Waals surface area (Å²) in [7, 11) is 0. The molecule has 1 N–H and O–H groups in total. The van der Waals surface area contributed by atoms with Crippen molar-refractivity contribution in [3.05, 3.63) is 5.82 Å². The number of nitrogens with one attached hydrogen (secondary N) is 1. The van der Waals surface area contributed by atoms with Crippen molar-refractivity contribution in [2.45, 2.75) is 39.8 Å². The monoisotopic (exact) mass is 227 g/mol. The van der Waals surface area contributed by atoms with Crippen LogP contribution < -0.4 is 5.32 Å². The van der Waals surface area contributed by atoms with Gasteiger partial charge < -0.3 is 10.1 Å². The lowest BCUT2D eigenvalue weighted by molar-refractivity contribution is 0.128. The van der Waals surface area contributed by atoms with Gasteiger partial charge in [0.2, 0.25) is 0 Å². The summed E-state index contributed by atoms with van der Waals surface area (Å²) in [5.41, 5.74) is 0. The fourth-order valence-corrected chi connectivity index (χ4v) is 1.32. The van der Waals surface area contributed by atoms with Crippen molar-refractivity contribution >= 4 is 0 Å². The Balaban J connectivity index is 2.22. The van der Waals surface area contributed by atoms with Crippen LogP contribution in [0.4, 0.5) is 0 Å². The van der Waals surface area contributed by atoms with Crippen molar-refractivity contribution < 1.29 is 4.74 Å². The molecule has 0 atom stereocenters. The summed E-state index contributed by atoms with van der Waals surface area (Å²) in [6, 6.07) is 0. The second-order valence-electron chi connectivity index (χ2n) is 3.56. The first-order chi connectivity index (χ1) is 7.88. The van der Waals surface area contributed by atoms with Gasteiger partial charge in [-0.25, -0.2) is 4.68 Å². The summed E-state index contributed by atoms with van der Waals surface area (Å²) in [5.74, 6) is 0.886. The Morgan fingerprint density at radius 2 is 2.19 bits per heavy atom. The lowest BCUT2D eigenvalue weighted by Gasteiger charge is -2.05. The lowest BCUT2D eigenvalue weighted by atomic mass is 10.4. The molecule has 0 fully saturated rings. The largest absolute Gasteiger partial charge is 0.381 e. The van der Waals surface area contributed by atoms with Crippen LogP contribution in [0, 0.1) is 0 Å². The molecule has 0 radical (unpaired) electrons. The van der Waals surface area contributed by atoms with Gasteiger partial charge in [-0.3, -0.25) is 0 Å². The van der Waals surface area contributed by atoms with E-state index in [0.717, 1.165) is 51.5 Å². The van der Waals surface area contributed by atoms with Crippen LogP contribution in [-0.2, 0) is 17.8 Å². The van der Waals surface area contributed by atoms with Crippen molar-refractivity contribution in [3.63, 3.8) is 0 Å². The second-order valence-corrected chi connectivity index (χ2v) is 3.56. The zero-order valence-electron chi connectivity index (χ0n) is 10.1. The zero-order valence-corrected chi connectivity index (χ0v) is 10.1. The maximum Gasteiger partial charge on any atom is 0.165 e. The van der Waals surface area contributed by atoms with Gasteiger partial charge in [-0.15, -0.1) is 5.10 Å². The Morgan fingerprint density at radius 3 is 2.94 bits per heavy atom. The number of hydrogen-bond acceptors (Lipinski definition) is 5. The maximum absolute atomic E-state index is 5.40. The Hall–Kier alpha value is -1.01. The molecule has 0 bridgehead atoms. The summed E-state index contributed by atoms with van der Waals surface area (Å²) in [6.07, 6.45) is 2.01. The number of hydrogen-bond donors (Lipinski definition) is 1. The molecular formula is C10H21N5O. The van der Waals surface area contributed by atoms with Gasteiger partial charge in [0.1, 0.15) is 0 Å². The molecule has 1 aromatic heterocycles. The average Bonchev–Trinajstić information content (AvgIpc) is 2.74. The summed E-state index contributed by atoms with van der Waals surface area (Å²) in [4.78, 5) is 0. The van der Waals surface area contributed by atoms with Crippen molar-refractivity contribution in [2.24, 2.45) is 0 Å². The number of nitrogens with zero attached hydrogens (tertiary/aromatic N) is 4. The van der Waals surface area contributed by atoms with Gasteiger partial charge in [0.15, 0.2) is 5.82 Å². The van der Waals surface area contributed by atoms with Gasteiger partial charge in [-0.1, -0.05) is 13.8 Å². The smallest absolute Gasteiger partial charge is 0.165 e. The van der Waals surface area contributed by atoms with Gasteiger partial charge in [0.25, 0.3) is 0 Å². The van der Waals surface area contributed by atoms with E-state index in [1.54, 1.807) is 0 Å². The molecule has 92 valence electrons. The van der Waals surface area contributed by atoms with Crippen LogP contribution >= 0.6 is 0 Å². The summed E-state index contributed by atoms with van der Waals surface area (Å²) in [5, 5.41) is 14.8. The molecular weight excluding hydrogens is 206 g/mol. The number of rotatable bonds is 9. The van der Waals surface area contributed by atoms with E-state index in [1.165, 1.54) is 0 Å². The van der Waals surface area contributed by atoms with E-state index >= 15 is 0 Å². The molecule has 6 heteroatoms. The minimum Gasteiger partial charge on any atom is -0.381 e. The summed E-state index contributed by atoms with van der Waals surface area (Å²) in [6.45, 7) is 8.24. The van der Waals surface area contributed by atoms with Crippen LogP contribution in [0.2, 0.25) is 0 Å². The minimum atomic E-state index is 0.722. The fourth-order valence-electron chi connectivity index (χ4n) is 1.32.